The van der Waals surface area contributed by atoms with Gasteiger partial charge in [-0.15, -0.1) is 0 Å². The van der Waals surface area contributed by atoms with Crippen molar-refractivity contribution in [3.8, 4) is 5.75 Å². The monoisotopic (exact) mass is 425 g/mol. The van der Waals surface area contributed by atoms with Gasteiger partial charge in [0.2, 0.25) is 5.43 Å². The molecule has 2 fully saturated rings. The fraction of sp³-hybridized carbons (Fsp3) is 0.409. The van der Waals surface area contributed by atoms with Gasteiger partial charge >= 0.3 is 0 Å². The van der Waals surface area contributed by atoms with E-state index in [9.17, 15) is 14.4 Å². The van der Waals surface area contributed by atoms with Gasteiger partial charge in [0.25, 0.3) is 11.8 Å². The molecule has 5 rings (SSSR count). The number of carbonyl (C=O) groups excluding carboxylic acids is 2. The van der Waals surface area contributed by atoms with Crippen molar-refractivity contribution in [2.45, 2.75) is 31.7 Å². The van der Waals surface area contributed by atoms with Gasteiger partial charge in [0.05, 0.1) is 13.2 Å². The van der Waals surface area contributed by atoms with Crippen LogP contribution in [-0.4, -0.2) is 60.0 Å². The predicted octanol–water partition coefficient (Wildman–Crippen LogP) is 0.883. The topological polar surface area (TPSA) is 90.3 Å². The average Bonchev–Trinajstić information content (AvgIpc) is 3.34. The zero-order valence-electron chi connectivity index (χ0n) is 16.9. The van der Waals surface area contributed by atoms with Crippen molar-refractivity contribution in [1.29, 1.82) is 0 Å². The minimum Gasteiger partial charge on any atom is -0.482 e. The smallest absolute Gasteiger partial charge is 0.278 e. The molecule has 162 valence electrons. The van der Waals surface area contributed by atoms with Gasteiger partial charge in [0.1, 0.15) is 12.7 Å². The van der Waals surface area contributed by atoms with Crippen molar-refractivity contribution in [3.05, 3.63) is 64.1 Å². The summed E-state index contributed by atoms with van der Waals surface area (Å²) in [5.41, 5.74) is 0.504. The van der Waals surface area contributed by atoms with Crippen LogP contribution >= 0.6 is 0 Å². The van der Waals surface area contributed by atoms with E-state index in [0.29, 0.717) is 26.2 Å². The van der Waals surface area contributed by atoms with E-state index >= 15 is 0 Å². The number of pyridine rings is 1. The molecule has 2 aromatic rings. The highest BCUT2D eigenvalue weighted by Crippen LogP contribution is 2.28. The highest BCUT2D eigenvalue weighted by atomic mass is 16.5. The Morgan fingerprint density at radius 3 is 2.74 bits per heavy atom. The van der Waals surface area contributed by atoms with Crippen LogP contribution < -0.4 is 15.2 Å². The molecule has 2 atom stereocenters. The van der Waals surface area contributed by atoms with Crippen LogP contribution in [0.5, 0.6) is 5.75 Å². The van der Waals surface area contributed by atoms with Gasteiger partial charge in [-0.1, -0.05) is 30.3 Å². The van der Waals surface area contributed by atoms with Crippen molar-refractivity contribution >= 4 is 11.8 Å². The first-order valence-corrected chi connectivity index (χ1v) is 10.4. The summed E-state index contributed by atoms with van der Waals surface area (Å²) in [6.07, 6.45) is 1.68. The predicted molar refractivity (Wildman–Crippen MR) is 109 cm³/mol. The molecule has 0 spiro atoms. The van der Waals surface area contributed by atoms with Gasteiger partial charge in [-0.2, -0.15) is 0 Å². The standard InChI is InChI=1S/C22H23N3O6/c26-16-8-9-24-19(20(16)31-13-15-5-2-1-3-6-15)22(28)23-10-12-29-14-18(23)25(24)21(27)17-7-4-11-30-17/h1-3,5-6,8-9,17-18H,4,7,10-14H2/t17-,18-/m0/s1. The third kappa shape index (κ3) is 3.49. The number of carbonyl (C=O) groups is 2. The number of fused-ring (bicyclic) bond motifs is 2. The zero-order chi connectivity index (χ0) is 21.4. The molecule has 0 unspecified atom stereocenters. The minimum absolute atomic E-state index is 0.0490. The highest BCUT2D eigenvalue weighted by Gasteiger charge is 2.46. The molecular weight excluding hydrogens is 402 g/mol. The quantitative estimate of drug-likeness (QED) is 0.723. The lowest BCUT2D eigenvalue weighted by molar-refractivity contribution is -0.132. The summed E-state index contributed by atoms with van der Waals surface area (Å²) in [6, 6.07) is 10.7. The van der Waals surface area contributed by atoms with E-state index in [1.807, 2.05) is 30.3 Å². The molecule has 0 N–H and O–H groups in total. The molecule has 1 aromatic heterocycles. The van der Waals surface area contributed by atoms with Crippen LogP contribution in [0.4, 0.5) is 0 Å². The second kappa shape index (κ2) is 8.16. The second-order valence-corrected chi connectivity index (χ2v) is 7.72. The SMILES string of the molecule is O=C1c2c(OCc3ccccc3)c(=O)ccn2N(C(=O)[C@@H]2CCCO2)[C@H]2COCCN12. The van der Waals surface area contributed by atoms with Crippen molar-refractivity contribution in [2.75, 3.05) is 31.4 Å². The summed E-state index contributed by atoms with van der Waals surface area (Å²) in [5, 5.41) is 1.47. The lowest BCUT2D eigenvalue weighted by atomic mass is 10.1. The molecule has 3 aliphatic rings. The van der Waals surface area contributed by atoms with Crippen LogP contribution in [-0.2, 0) is 20.9 Å². The summed E-state index contributed by atoms with van der Waals surface area (Å²) in [4.78, 5) is 41.0. The van der Waals surface area contributed by atoms with Crippen LogP contribution in [0.15, 0.2) is 47.4 Å². The Kier molecular flexibility index (Phi) is 5.21. The van der Waals surface area contributed by atoms with Gasteiger partial charge in [-0.3, -0.25) is 14.4 Å². The van der Waals surface area contributed by atoms with Crippen LogP contribution in [0, 0.1) is 0 Å². The maximum Gasteiger partial charge on any atom is 0.278 e. The Bertz CT molecular complexity index is 1050. The number of ether oxygens (including phenoxy) is 3. The van der Waals surface area contributed by atoms with Crippen molar-refractivity contribution in [3.63, 3.8) is 0 Å². The third-order valence-corrected chi connectivity index (χ3v) is 5.77. The molecule has 3 aliphatic heterocycles. The van der Waals surface area contributed by atoms with Crippen LogP contribution in [0.1, 0.15) is 28.9 Å². The van der Waals surface area contributed by atoms with Gasteiger partial charge in [0, 0.05) is 25.4 Å². The fourth-order valence-corrected chi connectivity index (χ4v) is 4.24. The van der Waals surface area contributed by atoms with Gasteiger partial charge in [-0.05, 0) is 18.4 Å². The van der Waals surface area contributed by atoms with E-state index in [1.54, 1.807) is 4.90 Å². The van der Waals surface area contributed by atoms with E-state index in [1.165, 1.54) is 21.9 Å². The van der Waals surface area contributed by atoms with Gasteiger partial charge in [-0.25, -0.2) is 9.69 Å². The minimum atomic E-state index is -0.602. The number of benzene rings is 1. The number of hydrogen-bond donors (Lipinski definition) is 0. The molecule has 1 aromatic carbocycles. The molecule has 0 aliphatic carbocycles. The normalized spacial score (nSPS) is 22.8. The number of aromatic nitrogens is 1. The number of amides is 2. The van der Waals surface area contributed by atoms with E-state index < -0.39 is 17.7 Å². The van der Waals surface area contributed by atoms with Crippen molar-refractivity contribution in [1.82, 2.24) is 9.58 Å². The molecule has 9 nitrogen and oxygen atoms in total. The Hall–Kier alpha value is -3.17. The molecule has 2 saturated heterocycles. The van der Waals surface area contributed by atoms with E-state index in [2.05, 4.69) is 0 Å². The second-order valence-electron chi connectivity index (χ2n) is 7.72. The highest BCUT2D eigenvalue weighted by molar-refractivity contribution is 6.00. The Morgan fingerprint density at radius 2 is 1.97 bits per heavy atom. The van der Waals surface area contributed by atoms with Crippen LogP contribution in [0.25, 0.3) is 0 Å². The first kappa shape index (κ1) is 19.8. The number of hydrogen-bond acceptors (Lipinski definition) is 6. The summed E-state index contributed by atoms with van der Waals surface area (Å²) >= 11 is 0. The first-order chi connectivity index (χ1) is 15.1. The first-order valence-electron chi connectivity index (χ1n) is 10.4. The average molecular weight is 425 g/mol. The Morgan fingerprint density at radius 1 is 1.13 bits per heavy atom. The molecule has 0 radical (unpaired) electrons. The van der Waals surface area contributed by atoms with E-state index in [0.717, 1.165) is 12.0 Å². The van der Waals surface area contributed by atoms with E-state index in [-0.39, 0.29) is 36.5 Å². The molecule has 0 bridgehead atoms. The number of morpholine rings is 1. The van der Waals surface area contributed by atoms with Crippen LogP contribution in [0.3, 0.4) is 0 Å². The molecule has 9 heteroatoms. The van der Waals surface area contributed by atoms with Gasteiger partial charge in [0.15, 0.2) is 17.6 Å². The maximum absolute atomic E-state index is 13.4. The Labute approximate surface area is 178 Å². The van der Waals surface area contributed by atoms with Gasteiger partial charge < -0.3 is 19.1 Å². The van der Waals surface area contributed by atoms with Crippen LogP contribution in [0.2, 0.25) is 0 Å². The summed E-state index contributed by atoms with van der Waals surface area (Å²) in [7, 11) is 0. The summed E-state index contributed by atoms with van der Waals surface area (Å²) < 4.78 is 18.5. The Balaban J connectivity index is 1.57. The lowest BCUT2D eigenvalue weighted by Crippen LogP contribution is -2.68. The summed E-state index contributed by atoms with van der Waals surface area (Å²) in [6.45, 7) is 1.53. The number of nitrogens with zero attached hydrogens (tertiary/aromatic N) is 3. The maximum atomic E-state index is 13.4. The zero-order valence-corrected chi connectivity index (χ0v) is 16.9. The third-order valence-electron chi connectivity index (χ3n) is 5.77. The summed E-state index contributed by atoms with van der Waals surface area (Å²) in [5.74, 6) is -0.679. The molecular formula is C22H23N3O6. The fourth-order valence-electron chi connectivity index (χ4n) is 4.24. The lowest BCUT2D eigenvalue weighted by Gasteiger charge is -2.47. The van der Waals surface area contributed by atoms with E-state index in [4.69, 9.17) is 14.2 Å². The van der Waals surface area contributed by atoms with Crippen molar-refractivity contribution < 1.29 is 23.8 Å². The molecule has 31 heavy (non-hydrogen) atoms. The van der Waals surface area contributed by atoms with Crippen molar-refractivity contribution in [2.24, 2.45) is 0 Å². The molecule has 2 amide bonds. The molecule has 4 heterocycles. The molecule has 0 saturated carbocycles. The number of rotatable bonds is 4. The largest absolute Gasteiger partial charge is 0.482 e.